The molecule has 1 amide bonds. The van der Waals surface area contributed by atoms with E-state index >= 15 is 0 Å². The highest BCUT2D eigenvalue weighted by molar-refractivity contribution is 5.89. The van der Waals surface area contributed by atoms with E-state index < -0.39 is 84.4 Å². The standard InChI is InChI=1S/C30H36N2O13.ClH/c1-14(43-28(40)16(5-7-22(35)36)31-21(34)13-17(33)26(37)38)27(39)44-19-8-9-30(41)20-12-15-4-6-18(42-3)24-23(15)29(30,25(19)45-24)10-11-32(20)2;/h4,6,8,14,16-17,20,25,33,41H,5,7,9-13H2,1-3H3,(H,31,34)(H,35,36)(H,37,38);1H/t14?,16?,17?,20-,25+,29+,30-;/m1./s1. The number of hydrogen-bond acceptors (Lipinski definition) is 12. The molecule has 16 heteroatoms. The van der Waals surface area contributed by atoms with Crippen molar-refractivity contribution in [1.29, 1.82) is 0 Å². The fraction of sp³-hybridized carbons (Fsp3) is 0.567. The largest absolute Gasteiger partial charge is 0.493 e. The van der Waals surface area contributed by atoms with Crippen LogP contribution in [0.15, 0.2) is 24.0 Å². The van der Waals surface area contributed by atoms with Gasteiger partial charge < -0.3 is 49.6 Å². The lowest BCUT2D eigenvalue weighted by atomic mass is 9.50. The third-order valence-corrected chi connectivity index (χ3v) is 9.33. The van der Waals surface area contributed by atoms with Gasteiger partial charge in [-0.2, -0.15) is 0 Å². The number of hydrogen-bond donors (Lipinski definition) is 5. The second-order valence-electron chi connectivity index (χ2n) is 11.9. The van der Waals surface area contributed by atoms with E-state index in [0.717, 1.165) is 11.1 Å². The SMILES string of the molecule is COc1ccc2c3c1O[C@H]1C(OC(=O)C(C)OC(=O)C(CCC(=O)O)NC(=O)CC(O)C(=O)O)=CC[C@@]4(O)[C@@H](C2)N(C)CC[C@]314.Cl. The Morgan fingerprint density at radius 1 is 1.17 bits per heavy atom. The molecular weight excluding hydrogens is 632 g/mol. The molecule has 46 heavy (non-hydrogen) atoms. The van der Waals surface area contributed by atoms with Gasteiger partial charge in [-0.3, -0.25) is 9.59 Å². The van der Waals surface area contributed by atoms with Crippen molar-refractivity contribution in [3.8, 4) is 11.5 Å². The molecule has 1 fully saturated rings. The van der Waals surface area contributed by atoms with E-state index in [1.165, 1.54) is 14.0 Å². The predicted molar refractivity (Wildman–Crippen MR) is 157 cm³/mol. The number of nitrogens with zero attached hydrogens (tertiary/aromatic N) is 1. The molecule has 1 aromatic carbocycles. The minimum Gasteiger partial charge on any atom is -0.493 e. The first-order valence-electron chi connectivity index (χ1n) is 14.6. The van der Waals surface area contributed by atoms with E-state index in [-0.39, 0.29) is 30.6 Å². The van der Waals surface area contributed by atoms with Gasteiger partial charge in [0.15, 0.2) is 29.8 Å². The highest BCUT2D eigenvalue weighted by Gasteiger charge is 2.72. The van der Waals surface area contributed by atoms with Crippen LogP contribution >= 0.6 is 12.4 Å². The molecule has 2 aliphatic heterocycles. The van der Waals surface area contributed by atoms with Crippen molar-refractivity contribution < 1.29 is 63.3 Å². The van der Waals surface area contributed by atoms with Gasteiger partial charge >= 0.3 is 23.9 Å². The number of aliphatic hydroxyl groups excluding tert-OH is 1. The number of carbonyl (C=O) groups excluding carboxylic acids is 3. The molecule has 4 aliphatic rings. The quantitative estimate of drug-likeness (QED) is 0.186. The highest BCUT2D eigenvalue weighted by atomic mass is 35.5. The summed E-state index contributed by atoms with van der Waals surface area (Å²) in [6, 6.07) is 2.00. The van der Waals surface area contributed by atoms with Crippen molar-refractivity contribution in [2.75, 3.05) is 20.7 Å². The van der Waals surface area contributed by atoms with E-state index in [0.29, 0.717) is 30.9 Å². The fourth-order valence-corrected chi connectivity index (χ4v) is 7.12. The first-order chi connectivity index (χ1) is 21.2. The van der Waals surface area contributed by atoms with Crippen molar-refractivity contribution in [2.24, 2.45) is 0 Å². The number of likely N-dealkylation sites (N-methyl/N-ethyl adjacent to an activating group) is 1. The van der Waals surface area contributed by atoms with Gasteiger partial charge in [-0.1, -0.05) is 6.07 Å². The Hall–Kier alpha value is -3.92. The van der Waals surface area contributed by atoms with Crippen LogP contribution < -0.4 is 14.8 Å². The molecule has 2 bridgehead atoms. The molecule has 15 nitrogen and oxygen atoms in total. The van der Waals surface area contributed by atoms with Gasteiger partial charge in [-0.15, -0.1) is 12.4 Å². The maximum Gasteiger partial charge on any atom is 0.352 e. The molecule has 1 spiro atoms. The molecule has 2 heterocycles. The number of carboxylic acids is 2. The van der Waals surface area contributed by atoms with Crippen molar-refractivity contribution >= 4 is 42.2 Å². The normalized spacial score (nSPS) is 27.3. The summed E-state index contributed by atoms with van der Waals surface area (Å²) in [6.07, 6.45) is -3.43. The monoisotopic (exact) mass is 668 g/mol. The fourth-order valence-electron chi connectivity index (χ4n) is 7.12. The number of rotatable bonds is 12. The Labute approximate surface area is 269 Å². The van der Waals surface area contributed by atoms with Crippen LogP contribution in [0.4, 0.5) is 0 Å². The molecule has 1 aromatic rings. The Morgan fingerprint density at radius 2 is 1.89 bits per heavy atom. The highest BCUT2D eigenvalue weighted by Crippen LogP contribution is 2.65. The van der Waals surface area contributed by atoms with Crippen LogP contribution in [0.1, 0.15) is 50.2 Å². The number of aliphatic carboxylic acids is 2. The zero-order chi connectivity index (χ0) is 32.8. The van der Waals surface area contributed by atoms with Gasteiger partial charge in [-0.05, 0) is 57.5 Å². The molecule has 0 radical (unpaired) electrons. The number of halogens is 1. The second-order valence-corrected chi connectivity index (χ2v) is 11.9. The molecule has 0 saturated carbocycles. The summed E-state index contributed by atoms with van der Waals surface area (Å²) in [7, 11) is 3.48. The van der Waals surface area contributed by atoms with E-state index in [1.807, 2.05) is 13.1 Å². The molecular formula is C30H37ClN2O13. The lowest BCUT2D eigenvalue weighted by Gasteiger charge is -2.61. The number of benzene rings is 1. The zero-order valence-electron chi connectivity index (χ0n) is 25.4. The minimum atomic E-state index is -2.04. The van der Waals surface area contributed by atoms with Gasteiger partial charge in [0.05, 0.1) is 24.5 Å². The predicted octanol–water partition coefficient (Wildman–Crippen LogP) is 0.0548. The summed E-state index contributed by atoms with van der Waals surface area (Å²) >= 11 is 0. The summed E-state index contributed by atoms with van der Waals surface area (Å²) in [5.74, 6) is -5.01. The van der Waals surface area contributed by atoms with E-state index in [9.17, 15) is 34.2 Å². The van der Waals surface area contributed by atoms with E-state index in [4.69, 9.17) is 29.2 Å². The third kappa shape index (κ3) is 5.76. The van der Waals surface area contributed by atoms with Gasteiger partial charge in [0.1, 0.15) is 11.8 Å². The average molecular weight is 669 g/mol. The van der Waals surface area contributed by atoms with Crippen LogP contribution in [0.25, 0.3) is 0 Å². The number of carboxylic acid groups (broad SMARTS) is 2. The Morgan fingerprint density at radius 3 is 2.54 bits per heavy atom. The summed E-state index contributed by atoms with van der Waals surface area (Å²) in [6.45, 7) is 1.89. The van der Waals surface area contributed by atoms with Crippen LogP contribution in [0.5, 0.6) is 11.5 Å². The maximum absolute atomic E-state index is 13.3. The van der Waals surface area contributed by atoms with Gasteiger partial charge in [0, 0.05) is 24.4 Å². The van der Waals surface area contributed by atoms with Crippen molar-refractivity contribution in [2.45, 2.75) is 86.9 Å². The van der Waals surface area contributed by atoms with Gasteiger partial charge in [-0.25, -0.2) is 14.4 Å². The molecule has 252 valence electrons. The number of likely N-dealkylation sites (tertiary alicyclic amines) is 1. The summed E-state index contributed by atoms with van der Waals surface area (Å²) < 4.78 is 23.0. The smallest absolute Gasteiger partial charge is 0.352 e. The molecule has 1 saturated heterocycles. The number of aliphatic hydroxyl groups is 2. The number of esters is 2. The molecule has 0 aromatic heterocycles. The Kier molecular flexibility index (Phi) is 9.92. The summed E-state index contributed by atoms with van der Waals surface area (Å²) in [4.78, 5) is 62.5. The number of carbonyl (C=O) groups is 5. The minimum absolute atomic E-state index is 0. The van der Waals surface area contributed by atoms with Gasteiger partial charge in [0.2, 0.25) is 5.91 Å². The van der Waals surface area contributed by atoms with Crippen LogP contribution in [0, 0.1) is 0 Å². The van der Waals surface area contributed by atoms with Gasteiger partial charge in [0.25, 0.3) is 0 Å². The average Bonchev–Trinajstić information content (AvgIpc) is 3.34. The molecule has 5 rings (SSSR count). The Balaban J connectivity index is 0.00000480. The van der Waals surface area contributed by atoms with Crippen LogP contribution in [-0.4, -0.2) is 112 Å². The molecule has 7 atom stereocenters. The maximum atomic E-state index is 13.3. The zero-order valence-corrected chi connectivity index (χ0v) is 26.2. The van der Waals surface area contributed by atoms with Crippen LogP contribution in [-0.2, 0) is 45.3 Å². The van der Waals surface area contributed by atoms with Crippen LogP contribution in [0.2, 0.25) is 0 Å². The molecule has 5 N–H and O–H groups in total. The topological polar surface area (TPSA) is 218 Å². The van der Waals surface area contributed by atoms with E-state index in [1.54, 1.807) is 12.1 Å². The van der Waals surface area contributed by atoms with Crippen molar-refractivity contribution in [3.05, 3.63) is 35.1 Å². The van der Waals surface area contributed by atoms with Crippen molar-refractivity contribution in [1.82, 2.24) is 10.2 Å². The number of amides is 1. The second kappa shape index (κ2) is 13.1. The summed E-state index contributed by atoms with van der Waals surface area (Å²) in [5.41, 5.74) is -0.314. The first-order valence-corrected chi connectivity index (χ1v) is 14.6. The lowest BCUT2D eigenvalue weighted by molar-refractivity contribution is -0.176. The molecule has 2 aliphatic carbocycles. The Bertz CT molecular complexity index is 1470. The van der Waals surface area contributed by atoms with Crippen molar-refractivity contribution in [3.63, 3.8) is 0 Å². The van der Waals surface area contributed by atoms with Crippen LogP contribution in [0.3, 0.4) is 0 Å². The number of nitrogens with one attached hydrogen (secondary N) is 1. The summed E-state index contributed by atoms with van der Waals surface area (Å²) in [5, 5.41) is 41.8. The lowest BCUT2D eigenvalue weighted by Crippen LogP contribution is -2.74. The molecule has 3 unspecified atom stereocenters. The first kappa shape index (κ1) is 34.9. The number of piperidine rings is 1. The number of ether oxygens (including phenoxy) is 4. The number of methoxy groups -OCH3 is 1. The third-order valence-electron chi connectivity index (χ3n) is 9.33. The van der Waals surface area contributed by atoms with E-state index in [2.05, 4.69) is 10.2 Å².